The standard InChI is InChI=1S/C21H26FN3O3/c1-14-10-24-18(15(2)19(14)26)11-23-13-21(28)8-5-9-25(20(21)27)12-16-6-3-4-7-17(16)22/h3-4,6-7,10,23,28H,5,8-9,11-13H2,1-2H3,(H,24,26). The third-order valence-electron chi connectivity index (χ3n) is 5.36. The Morgan fingerprint density at radius 3 is 2.79 bits per heavy atom. The molecule has 1 fully saturated rings. The molecule has 7 heteroatoms. The average Bonchev–Trinajstić information content (AvgIpc) is 2.67. The summed E-state index contributed by atoms with van der Waals surface area (Å²) in [6.45, 7) is 4.52. The minimum absolute atomic E-state index is 0.0148. The number of H-pyrrole nitrogens is 1. The first-order valence-corrected chi connectivity index (χ1v) is 9.45. The fourth-order valence-electron chi connectivity index (χ4n) is 3.59. The highest BCUT2D eigenvalue weighted by atomic mass is 19.1. The predicted molar refractivity (Wildman–Crippen MR) is 104 cm³/mol. The number of amides is 1. The van der Waals surface area contributed by atoms with Crippen LogP contribution in [0.2, 0.25) is 0 Å². The Balaban J connectivity index is 1.64. The SMILES string of the molecule is Cc1c[nH]c(CNCC2(O)CCCN(Cc3ccccc3F)C2=O)c(C)c1=O. The van der Waals surface area contributed by atoms with Crippen molar-refractivity contribution in [3.05, 3.63) is 68.9 Å². The minimum atomic E-state index is -1.54. The molecule has 1 saturated heterocycles. The first-order valence-electron chi connectivity index (χ1n) is 9.45. The number of aromatic nitrogens is 1. The maximum atomic E-state index is 13.9. The number of pyridine rings is 1. The Morgan fingerprint density at radius 2 is 2.04 bits per heavy atom. The van der Waals surface area contributed by atoms with Crippen LogP contribution >= 0.6 is 0 Å². The van der Waals surface area contributed by atoms with Crippen molar-refractivity contribution in [1.82, 2.24) is 15.2 Å². The second-order valence-electron chi connectivity index (χ2n) is 7.46. The molecule has 6 nitrogen and oxygen atoms in total. The summed E-state index contributed by atoms with van der Waals surface area (Å²) in [6.07, 6.45) is 2.64. The van der Waals surface area contributed by atoms with Crippen molar-refractivity contribution in [2.24, 2.45) is 0 Å². The van der Waals surface area contributed by atoms with E-state index < -0.39 is 11.5 Å². The number of piperidine rings is 1. The summed E-state index contributed by atoms with van der Waals surface area (Å²) < 4.78 is 13.9. The lowest BCUT2D eigenvalue weighted by Gasteiger charge is -2.38. The van der Waals surface area contributed by atoms with Crippen LogP contribution in [0.5, 0.6) is 0 Å². The number of carbonyl (C=O) groups is 1. The number of benzene rings is 1. The highest BCUT2D eigenvalue weighted by molar-refractivity contribution is 5.86. The molecule has 0 spiro atoms. The summed E-state index contributed by atoms with van der Waals surface area (Å²) >= 11 is 0. The molecule has 1 aromatic carbocycles. The molecule has 1 aliphatic rings. The monoisotopic (exact) mass is 387 g/mol. The number of aryl methyl sites for hydroxylation is 1. The van der Waals surface area contributed by atoms with E-state index in [9.17, 15) is 19.1 Å². The topological polar surface area (TPSA) is 85.4 Å². The van der Waals surface area contributed by atoms with E-state index in [2.05, 4.69) is 10.3 Å². The zero-order valence-corrected chi connectivity index (χ0v) is 16.2. The van der Waals surface area contributed by atoms with Crippen LogP contribution in [0.25, 0.3) is 0 Å². The quantitative estimate of drug-likeness (QED) is 0.705. The maximum Gasteiger partial charge on any atom is 0.256 e. The molecular formula is C21H26FN3O3. The van der Waals surface area contributed by atoms with Gasteiger partial charge in [-0.2, -0.15) is 0 Å². The van der Waals surface area contributed by atoms with E-state index in [0.717, 1.165) is 5.69 Å². The first-order chi connectivity index (χ1) is 13.3. The number of nitrogens with one attached hydrogen (secondary N) is 2. The predicted octanol–water partition coefficient (Wildman–Crippen LogP) is 1.77. The number of likely N-dealkylation sites (tertiary alicyclic amines) is 1. The summed E-state index contributed by atoms with van der Waals surface area (Å²) in [7, 11) is 0. The number of hydrogen-bond acceptors (Lipinski definition) is 4. The van der Waals surface area contributed by atoms with Gasteiger partial charge in [0.15, 0.2) is 11.0 Å². The van der Waals surface area contributed by atoms with Gasteiger partial charge in [0.1, 0.15) is 5.82 Å². The molecule has 1 unspecified atom stereocenters. The van der Waals surface area contributed by atoms with E-state index in [1.165, 1.54) is 11.0 Å². The molecule has 2 aromatic rings. The summed E-state index contributed by atoms with van der Waals surface area (Å²) in [4.78, 5) is 29.4. The van der Waals surface area contributed by atoms with E-state index in [0.29, 0.717) is 42.6 Å². The van der Waals surface area contributed by atoms with Crippen LogP contribution in [0.3, 0.4) is 0 Å². The highest BCUT2D eigenvalue weighted by Gasteiger charge is 2.41. The number of halogens is 1. The Bertz CT molecular complexity index is 927. The number of aromatic amines is 1. The zero-order valence-electron chi connectivity index (χ0n) is 16.2. The Kier molecular flexibility index (Phi) is 5.96. The molecule has 1 aliphatic heterocycles. The van der Waals surface area contributed by atoms with Crippen LogP contribution in [0, 0.1) is 19.7 Å². The molecule has 0 bridgehead atoms. The number of hydrogen-bond donors (Lipinski definition) is 3. The molecule has 0 saturated carbocycles. The van der Waals surface area contributed by atoms with Gasteiger partial charge in [-0.1, -0.05) is 18.2 Å². The maximum absolute atomic E-state index is 13.9. The van der Waals surface area contributed by atoms with Crippen LogP contribution in [-0.2, 0) is 17.9 Å². The van der Waals surface area contributed by atoms with Gasteiger partial charge in [-0.05, 0) is 32.8 Å². The fourth-order valence-corrected chi connectivity index (χ4v) is 3.59. The molecule has 0 aliphatic carbocycles. The number of nitrogens with zero attached hydrogens (tertiary/aromatic N) is 1. The van der Waals surface area contributed by atoms with E-state index >= 15 is 0 Å². The van der Waals surface area contributed by atoms with Gasteiger partial charge in [-0.15, -0.1) is 0 Å². The van der Waals surface area contributed by atoms with Crippen LogP contribution in [-0.4, -0.2) is 39.6 Å². The van der Waals surface area contributed by atoms with Gasteiger partial charge in [0.25, 0.3) is 5.91 Å². The zero-order chi connectivity index (χ0) is 20.3. The molecule has 3 N–H and O–H groups in total. The molecule has 1 amide bonds. The number of rotatable bonds is 6. The molecule has 1 aromatic heterocycles. The number of carbonyl (C=O) groups excluding carboxylic acids is 1. The Hall–Kier alpha value is -2.51. The largest absolute Gasteiger partial charge is 0.379 e. The van der Waals surface area contributed by atoms with E-state index in [1.54, 1.807) is 38.2 Å². The lowest BCUT2D eigenvalue weighted by molar-refractivity contribution is -0.157. The van der Waals surface area contributed by atoms with Gasteiger partial charge in [0, 0.05) is 54.8 Å². The van der Waals surface area contributed by atoms with Gasteiger partial charge < -0.3 is 20.3 Å². The summed E-state index contributed by atoms with van der Waals surface area (Å²) in [6, 6.07) is 6.34. The van der Waals surface area contributed by atoms with Crippen molar-refractivity contribution < 1.29 is 14.3 Å². The van der Waals surface area contributed by atoms with Crippen LogP contribution in [0.15, 0.2) is 35.3 Å². The van der Waals surface area contributed by atoms with E-state index in [-0.39, 0.29) is 24.3 Å². The summed E-state index contributed by atoms with van der Waals surface area (Å²) in [5, 5.41) is 14.0. The van der Waals surface area contributed by atoms with Gasteiger partial charge in [0.05, 0.1) is 0 Å². The lowest BCUT2D eigenvalue weighted by atomic mass is 9.91. The molecule has 3 rings (SSSR count). The first kappa shape index (κ1) is 20.2. The van der Waals surface area contributed by atoms with Gasteiger partial charge in [0.2, 0.25) is 0 Å². The van der Waals surface area contributed by atoms with Gasteiger partial charge >= 0.3 is 0 Å². The molecule has 150 valence electrons. The fraction of sp³-hybridized carbons (Fsp3) is 0.429. The molecule has 2 heterocycles. The van der Waals surface area contributed by atoms with Gasteiger partial charge in [-0.3, -0.25) is 9.59 Å². The van der Waals surface area contributed by atoms with Crippen molar-refractivity contribution in [3.8, 4) is 0 Å². The second-order valence-corrected chi connectivity index (χ2v) is 7.46. The molecule has 0 radical (unpaired) electrons. The third-order valence-corrected chi connectivity index (χ3v) is 5.36. The highest BCUT2D eigenvalue weighted by Crippen LogP contribution is 2.24. The van der Waals surface area contributed by atoms with E-state index in [4.69, 9.17) is 0 Å². The molecule has 28 heavy (non-hydrogen) atoms. The Morgan fingerprint density at radius 1 is 1.29 bits per heavy atom. The second kappa shape index (κ2) is 8.24. The normalized spacial score (nSPS) is 19.9. The van der Waals surface area contributed by atoms with Crippen LogP contribution in [0.4, 0.5) is 4.39 Å². The summed E-state index contributed by atoms with van der Waals surface area (Å²) in [5.74, 6) is -0.759. The smallest absolute Gasteiger partial charge is 0.256 e. The minimum Gasteiger partial charge on any atom is -0.379 e. The van der Waals surface area contributed by atoms with Crippen LogP contribution < -0.4 is 10.7 Å². The molecule has 1 atom stereocenters. The van der Waals surface area contributed by atoms with E-state index in [1.807, 2.05) is 0 Å². The molecular weight excluding hydrogens is 361 g/mol. The number of aliphatic hydroxyl groups is 1. The average molecular weight is 387 g/mol. The van der Waals surface area contributed by atoms with Gasteiger partial charge in [-0.25, -0.2) is 4.39 Å². The van der Waals surface area contributed by atoms with Crippen molar-refractivity contribution in [1.29, 1.82) is 0 Å². The van der Waals surface area contributed by atoms with Crippen LogP contribution in [0.1, 0.15) is 35.2 Å². The summed E-state index contributed by atoms with van der Waals surface area (Å²) in [5.41, 5.74) is 0.870. The van der Waals surface area contributed by atoms with Crippen molar-refractivity contribution in [2.45, 2.75) is 45.4 Å². The van der Waals surface area contributed by atoms with Crippen molar-refractivity contribution >= 4 is 5.91 Å². The lowest BCUT2D eigenvalue weighted by Crippen LogP contribution is -2.57. The Labute approximate surface area is 163 Å². The van der Waals surface area contributed by atoms with Crippen molar-refractivity contribution in [3.63, 3.8) is 0 Å². The third kappa shape index (κ3) is 4.15. The van der Waals surface area contributed by atoms with Crippen molar-refractivity contribution in [2.75, 3.05) is 13.1 Å².